The summed E-state index contributed by atoms with van der Waals surface area (Å²) in [6.45, 7) is 6.15. The smallest absolute Gasteiger partial charge is 0.338 e. The molecule has 2 rings (SSSR count). The Morgan fingerprint density at radius 2 is 1.86 bits per heavy atom. The zero-order valence-corrected chi connectivity index (χ0v) is 12.8. The highest BCUT2D eigenvalue weighted by Crippen LogP contribution is 2.09. The number of carboxylic acids is 1. The Balaban J connectivity index is 1.99. The average Bonchev–Trinajstić information content (AvgIpc) is 2.86. The van der Waals surface area contributed by atoms with Crippen LogP contribution in [0.5, 0.6) is 0 Å². The lowest BCUT2D eigenvalue weighted by Crippen LogP contribution is -2.35. The normalized spacial score (nSPS) is 12.0. The third-order valence-electron chi connectivity index (χ3n) is 3.20. The highest BCUT2D eigenvalue weighted by atomic mass is 16.4. The summed E-state index contributed by atoms with van der Waals surface area (Å²) in [5.41, 5.74) is 2.83. The number of carbonyl (C=O) groups excluding carboxylic acids is 1. The maximum Gasteiger partial charge on any atom is 0.338 e. The van der Waals surface area contributed by atoms with Crippen molar-refractivity contribution < 1.29 is 14.7 Å². The first-order valence-corrected chi connectivity index (χ1v) is 7.00. The number of hydrogen-bond donors (Lipinski definition) is 2. The van der Waals surface area contributed by atoms with Crippen molar-refractivity contribution in [3.63, 3.8) is 0 Å². The Hall–Kier alpha value is -2.63. The SMILES string of the molecule is Cc1cc(C)cc(C(=O)NC(C)Cn2cc(C(=O)O)cn2)c1. The van der Waals surface area contributed by atoms with E-state index in [9.17, 15) is 9.59 Å². The molecule has 1 unspecified atom stereocenters. The largest absolute Gasteiger partial charge is 0.478 e. The van der Waals surface area contributed by atoms with E-state index in [4.69, 9.17) is 5.11 Å². The molecule has 1 aromatic carbocycles. The van der Waals surface area contributed by atoms with Gasteiger partial charge in [0.25, 0.3) is 5.91 Å². The number of nitrogens with zero attached hydrogens (tertiary/aromatic N) is 2. The number of amides is 1. The lowest BCUT2D eigenvalue weighted by atomic mass is 10.1. The Morgan fingerprint density at radius 3 is 2.41 bits per heavy atom. The minimum Gasteiger partial charge on any atom is -0.478 e. The van der Waals surface area contributed by atoms with Gasteiger partial charge in [-0.3, -0.25) is 9.48 Å². The van der Waals surface area contributed by atoms with Gasteiger partial charge in [-0.05, 0) is 32.9 Å². The summed E-state index contributed by atoms with van der Waals surface area (Å²) in [4.78, 5) is 23.0. The van der Waals surface area contributed by atoms with Gasteiger partial charge in [0, 0.05) is 17.8 Å². The predicted molar refractivity (Wildman–Crippen MR) is 82.0 cm³/mol. The molecule has 0 saturated carbocycles. The van der Waals surface area contributed by atoms with Crippen molar-refractivity contribution in [2.24, 2.45) is 0 Å². The minimum absolute atomic E-state index is 0.132. The molecule has 1 amide bonds. The molecule has 2 N–H and O–H groups in total. The number of hydrogen-bond acceptors (Lipinski definition) is 3. The number of rotatable bonds is 5. The van der Waals surface area contributed by atoms with Crippen LogP contribution in [0, 0.1) is 13.8 Å². The molecule has 0 fully saturated rings. The van der Waals surface area contributed by atoms with E-state index in [0.717, 1.165) is 11.1 Å². The second-order valence-corrected chi connectivity index (χ2v) is 5.51. The number of aryl methyl sites for hydroxylation is 2. The fraction of sp³-hybridized carbons (Fsp3) is 0.312. The van der Waals surface area contributed by atoms with E-state index in [1.165, 1.54) is 17.1 Å². The third kappa shape index (κ3) is 3.94. The Bertz CT molecular complexity index is 686. The molecule has 0 spiro atoms. The summed E-state index contributed by atoms with van der Waals surface area (Å²) in [6.07, 6.45) is 2.74. The van der Waals surface area contributed by atoms with Gasteiger partial charge >= 0.3 is 5.97 Å². The molecular weight excluding hydrogens is 282 g/mol. The molecule has 0 aliphatic rings. The topological polar surface area (TPSA) is 84.2 Å². The molecule has 22 heavy (non-hydrogen) atoms. The zero-order chi connectivity index (χ0) is 16.3. The Kier molecular flexibility index (Phi) is 4.60. The van der Waals surface area contributed by atoms with Crippen LogP contribution in [-0.4, -0.2) is 32.8 Å². The van der Waals surface area contributed by atoms with Crippen LogP contribution in [-0.2, 0) is 6.54 Å². The summed E-state index contributed by atoms with van der Waals surface area (Å²) >= 11 is 0. The highest BCUT2D eigenvalue weighted by Gasteiger charge is 2.12. The van der Waals surface area contributed by atoms with E-state index in [1.807, 2.05) is 39.0 Å². The van der Waals surface area contributed by atoms with E-state index in [0.29, 0.717) is 12.1 Å². The minimum atomic E-state index is -1.02. The molecule has 6 heteroatoms. The lowest BCUT2D eigenvalue weighted by molar-refractivity contribution is 0.0696. The summed E-state index contributed by atoms with van der Waals surface area (Å²) < 4.78 is 1.51. The van der Waals surface area contributed by atoms with Gasteiger partial charge in [0.05, 0.1) is 18.3 Å². The van der Waals surface area contributed by atoms with Gasteiger partial charge in [0.2, 0.25) is 0 Å². The second-order valence-electron chi connectivity index (χ2n) is 5.51. The second kappa shape index (κ2) is 6.43. The summed E-state index contributed by atoms with van der Waals surface area (Å²) in [5, 5.41) is 15.7. The third-order valence-corrected chi connectivity index (χ3v) is 3.20. The molecule has 116 valence electrons. The first-order chi connectivity index (χ1) is 10.3. The van der Waals surface area contributed by atoms with Crippen molar-refractivity contribution >= 4 is 11.9 Å². The highest BCUT2D eigenvalue weighted by molar-refractivity contribution is 5.94. The van der Waals surface area contributed by atoms with Crippen LogP contribution in [0.4, 0.5) is 0 Å². The van der Waals surface area contributed by atoms with E-state index in [1.54, 1.807) is 0 Å². The van der Waals surface area contributed by atoms with Crippen molar-refractivity contribution in [2.75, 3.05) is 0 Å². The van der Waals surface area contributed by atoms with Crippen LogP contribution in [0.25, 0.3) is 0 Å². The molecule has 0 aliphatic carbocycles. The van der Waals surface area contributed by atoms with Crippen molar-refractivity contribution in [3.8, 4) is 0 Å². The molecule has 6 nitrogen and oxygen atoms in total. The number of carboxylic acid groups (broad SMARTS) is 1. The quantitative estimate of drug-likeness (QED) is 0.885. The van der Waals surface area contributed by atoms with Crippen LogP contribution in [0.15, 0.2) is 30.6 Å². The number of carbonyl (C=O) groups is 2. The van der Waals surface area contributed by atoms with Gasteiger partial charge in [-0.15, -0.1) is 0 Å². The molecule has 2 aromatic rings. The summed E-state index contributed by atoms with van der Waals surface area (Å²) in [6, 6.07) is 5.52. The predicted octanol–water partition coefficient (Wildman–Crippen LogP) is 2.02. The van der Waals surface area contributed by atoms with Crippen molar-refractivity contribution in [1.29, 1.82) is 0 Å². The Labute approximate surface area is 128 Å². The van der Waals surface area contributed by atoms with Gasteiger partial charge in [0.1, 0.15) is 0 Å². The zero-order valence-electron chi connectivity index (χ0n) is 12.8. The van der Waals surface area contributed by atoms with Gasteiger partial charge in [-0.1, -0.05) is 17.2 Å². The maximum absolute atomic E-state index is 12.2. The summed E-state index contributed by atoms with van der Waals surface area (Å²) in [7, 11) is 0. The van der Waals surface area contributed by atoms with Crippen LogP contribution < -0.4 is 5.32 Å². The Morgan fingerprint density at radius 1 is 1.23 bits per heavy atom. The summed E-state index contributed by atoms with van der Waals surface area (Å²) in [5.74, 6) is -1.16. The van der Waals surface area contributed by atoms with Crippen molar-refractivity contribution in [1.82, 2.24) is 15.1 Å². The standard InChI is InChI=1S/C16H19N3O3/c1-10-4-11(2)6-13(5-10)15(20)18-12(3)8-19-9-14(7-17-19)16(21)22/h4-7,9,12H,8H2,1-3H3,(H,18,20)(H,21,22). The first kappa shape index (κ1) is 15.8. The number of aromatic nitrogens is 2. The van der Waals surface area contributed by atoms with Gasteiger partial charge in [-0.2, -0.15) is 5.10 Å². The molecule has 1 aromatic heterocycles. The molecular formula is C16H19N3O3. The lowest BCUT2D eigenvalue weighted by Gasteiger charge is -2.14. The molecule has 0 saturated heterocycles. The molecule has 0 aliphatic heterocycles. The van der Waals surface area contributed by atoms with Crippen molar-refractivity contribution in [2.45, 2.75) is 33.4 Å². The molecule has 0 radical (unpaired) electrons. The van der Waals surface area contributed by atoms with Gasteiger partial charge in [0.15, 0.2) is 0 Å². The van der Waals surface area contributed by atoms with Crippen LogP contribution in [0.3, 0.4) is 0 Å². The average molecular weight is 301 g/mol. The maximum atomic E-state index is 12.2. The number of aromatic carboxylic acids is 1. The van der Waals surface area contributed by atoms with E-state index in [2.05, 4.69) is 10.4 Å². The number of nitrogens with one attached hydrogen (secondary N) is 1. The number of benzene rings is 1. The van der Waals surface area contributed by atoms with Crippen molar-refractivity contribution in [3.05, 3.63) is 52.8 Å². The van der Waals surface area contributed by atoms with Gasteiger partial charge in [-0.25, -0.2) is 4.79 Å². The fourth-order valence-electron chi connectivity index (χ4n) is 2.31. The molecule has 1 heterocycles. The van der Waals surface area contributed by atoms with Gasteiger partial charge < -0.3 is 10.4 Å². The van der Waals surface area contributed by atoms with Crippen LogP contribution in [0.1, 0.15) is 38.8 Å². The molecule has 1 atom stereocenters. The van der Waals surface area contributed by atoms with E-state index < -0.39 is 5.97 Å². The molecule has 0 bridgehead atoms. The van der Waals surface area contributed by atoms with Crippen LogP contribution >= 0.6 is 0 Å². The fourth-order valence-corrected chi connectivity index (χ4v) is 2.31. The monoisotopic (exact) mass is 301 g/mol. The van der Waals surface area contributed by atoms with Crippen LogP contribution in [0.2, 0.25) is 0 Å². The first-order valence-electron chi connectivity index (χ1n) is 7.00. The van der Waals surface area contributed by atoms with E-state index >= 15 is 0 Å². The van der Waals surface area contributed by atoms with E-state index in [-0.39, 0.29) is 17.5 Å².